The first-order chi connectivity index (χ1) is 11.0. The van der Waals surface area contributed by atoms with Crippen LogP contribution in [0.5, 0.6) is 0 Å². The van der Waals surface area contributed by atoms with Crippen LogP contribution in [0.15, 0.2) is 30.3 Å². The van der Waals surface area contributed by atoms with Gasteiger partial charge in [0.1, 0.15) is 0 Å². The average molecular weight is 429 g/mol. The fourth-order valence-electron chi connectivity index (χ4n) is 5.10. The number of rotatable bonds is 7. The van der Waals surface area contributed by atoms with Crippen molar-refractivity contribution in [2.75, 3.05) is 0 Å². The average Bonchev–Trinajstić information content (AvgIpc) is 2.88. The molecule has 0 heterocycles. The Morgan fingerprint density at radius 1 is 1.22 bits per heavy atom. The fraction of sp³-hybridized carbons (Fsp3) is 0.714. The number of unbranched alkanes of at least 4 members (excludes halogenated alkanes) is 1. The number of hydrogen-bond donors (Lipinski definition) is 1. The molecular formula is C21H33OTe+. The van der Waals surface area contributed by atoms with Crippen molar-refractivity contribution in [3.8, 4) is 0 Å². The second-order valence-electron chi connectivity index (χ2n) is 8.31. The van der Waals surface area contributed by atoms with Gasteiger partial charge in [0, 0.05) is 0 Å². The molecule has 3 atom stereocenters. The Kier molecular flexibility index (Phi) is 5.46. The van der Waals surface area contributed by atoms with Crippen molar-refractivity contribution in [3.05, 3.63) is 35.9 Å². The van der Waals surface area contributed by atoms with Gasteiger partial charge in [0.05, 0.1) is 0 Å². The van der Waals surface area contributed by atoms with Crippen LogP contribution in [-0.4, -0.2) is 30.8 Å². The molecule has 2 aliphatic rings. The van der Waals surface area contributed by atoms with Gasteiger partial charge in [-0.1, -0.05) is 0 Å². The monoisotopic (exact) mass is 431 g/mol. The van der Waals surface area contributed by atoms with E-state index in [9.17, 15) is 5.11 Å². The second kappa shape index (κ2) is 7.07. The summed E-state index contributed by atoms with van der Waals surface area (Å²) in [6, 6.07) is 11.1. The van der Waals surface area contributed by atoms with Crippen LogP contribution < -0.4 is 0 Å². The van der Waals surface area contributed by atoms with E-state index in [4.69, 9.17) is 0 Å². The van der Waals surface area contributed by atoms with Crippen molar-refractivity contribution in [2.24, 2.45) is 16.7 Å². The molecule has 0 aromatic heterocycles. The Balaban J connectivity index is 1.77. The van der Waals surface area contributed by atoms with Gasteiger partial charge in [0.2, 0.25) is 0 Å². The van der Waals surface area contributed by atoms with Crippen molar-refractivity contribution in [3.63, 3.8) is 0 Å². The predicted octanol–water partition coefficient (Wildman–Crippen LogP) is 5.25. The van der Waals surface area contributed by atoms with Crippen LogP contribution in [0, 0.1) is 16.7 Å². The first kappa shape index (κ1) is 17.8. The van der Waals surface area contributed by atoms with Crippen molar-refractivity contribution < 1.29 is 5.11 Å². The number of aliphatic hydroxyl groups excluding tert-OH is 1. The number of hydrogen-bond acceptors (Lipinski definition) is 1. The van der Waals surface area contributed by atoms with E-state index in [1.165, 1.54) is 44.7 Å². The Morgan fingerprint density at radius 2 is 1.96 bits per heavy atom. The summed E-state index contributed by atoms with van der Waals surface area (Å²) in [4.78, 5) is 0. The zero-order valence-corrected chi connectivity index (χ0v) is 17.4. The third-order valence-electron chi connectivity index (χ3n) is 6.85. The summed E-state index contributed by atoms with van der Waals surface area (Å²) in [5, 5.41) is 10.9. The molecular weight excluding hydrogens is 396 g/mol. The van der Waals surface area contributed by atoms with E-state index in [1.807, 2.05) is 0 Å². The minimum absolute atomic E-state index is 0.0305. The first-order valence-electron chi connectivity index (χ1n) is 9.35. The third kappa shape index (κ3) is 3.24. The molecule has 2 bridgehead atoms. The summed E-state index contributed by atoms with van der Waals surface area (Å²) in [6.07, 6.45) is 6.38. The van der Waals surface area contributed by atoms with Crippen LogP contribution in [0.25, 0.3) is 0 Å². The molecule has 128 valence electrons. The second-order valence-corrected chi connectivity index (χ2v) is 14.6. The topological polar surface area (TPSA) is 20.2 Å². The molecule has 0 radical (unpaired) electrons. The van der Waals surface area contributed by atoms with Crippen molar-refractivity contribution in [1.82, 2.24) is 0 Å². The maximum absolute atomic E-state index is 10.9. The predicted molar refractivity (Wildman–Crippen MR) is 100.0 cm³/mol. The van der Waals surface area contributed by atoms with Gasteiger partial charge >= 0.3 is 150 Å². The van der Waals surface area contributed by atoms with Gasteiger partial charge < -0.3 is 0 Å². The van der Waals surface area contributed by atoms with E-state index in [-0.39, 0.29) is 11.5 Å². The van der Waals surface area contributed by atoms with Gasteiger partial charge in [-0.05, 0) is 0 Å². The summed E-state index contributed by atoms with van der Waals surface area (Å²) < 4.78 is 4.21. The van der Waals surface area contributed by atoms with E-state index >= 15 is 0 Å². The third-order valence-corrected chi connectivity index (χ3v) is 14.1. The molecule has 1 aromatic rings. The maximum atomic E-state index is 10.9. The first-order valence-corrected chi connectivity index (χ1v) is 14.3. The van der Waals surface area contributed by atoms with E-state index < -0.39 is 19.6 Å². The Labute approximate surface area is 149 Å². The molecule has 1 nitrogen and oxygen atoms in total. The number of benzene rings is 1. The quantitative estimate of drug-likeness (QED) is 0.588. The SMILES string of the molecule is CCCC[Te+](Cc1ccccc1)C[C@]12CC[C@H](C[C@H]1O)C2(C)C. The molecule has 3 rings (SSSR count). The van der Waals surface area contributed by atoms with Crippen LogP contribution >= 0.6 is 0 Å². The van der Waals surface area contributed by atoms with Crippen LogP contribution in [0.4, 0.5) is 0 Å². The molecule has 0 unspecified atom stereocenters. The Morgan fingerprint density at radius 3 is 2.52 bits per heavy atom. The molecule has 1 aromatic carbocycles. The molecule has 0 amide bonds. The van der Waals surface area contributed by atoms with Crippen LogP contribution in [0.2, 0.25) is 8.94 Å². The molecule has 0 spiro atoms. The number of aliphatic hydroxyl groups is 1. The molecule has 2 aliphatic carbocycles. The fourth-order valence-corrected chi connectivity index (χ4v) is 14.2. The van der Waals surface area contributed by atoms with Gasteiger partial charge in [-0.3, -0.25) is 0 Å². The summed E-state index contributed by atoms with van der Waals surface area (Å²) in [7, 11) is 0. The van der Waals surface area contributed by atoms with Gasteiger partial charge in [0.25, 0.3) is 0 Å². The summed E-state index contributed by atoms with van der Waals surface area (Å²) in [5.41, 5.74) is 2.14. The Hall–Kier alpha value is -0.0304. The normalized spacial score (nSPS) is 31.9. The van der Waals surface area contributed by atoms with Gasteiger partial charge in [-0.2, -0.15) is 0 Å². The van der Waals surface area contributed by atoms with E-state index in [2.05, 4.69) is 51.1 Å². The zero-order valence-electron chi connectivity index (χ0n) is 15.1. The van der Waals surface area contributed by atoms with Crippen molar-refractivity contribution >= 4 is 19.6 Å². The summed E-state index contributed by atoms with van der Waals surface area (Å²) in [5.74, 6) is 0.764. The Bertz CT molecular complexity index is 512. The molecule has 2 heteroatoms. The van der Waals surface area contributed by atoms with E-state index in [0.717, 1.165) is 12.3 Å². The molecule has 0 saturated heterocycles. The van der Waals surface area contributed by atoms with Crippen molar-refractivity contribution in [1.29, 1.82) is 0 Å². The molecule has 23 heavy (non-hydrogen) atoms. The van der Waals surface area contributed by atoms with Gasteiger partial charge in [0.15, 0.2) is 0 Å². The van der Waals surface area contributed by atoms with Crippen LogP contribution in [0.3, 0.4) is 0 Å². The van der Waals surface area contributed by atoms with Crippen LogP contribution in [0.1, 0.15) is 58.4 Å². The molecule has 2 saturated carbocycles. The molecule has 0 aliphatic heterocycles. The summed E-state index contributed by atoms with van der Waals surface area (Å²) in [6.45, 7) is 7.23. The standard InChI is InChI=1S/C21H33OTe/c1-4-5-13-23(15-17-9-7-6-8-10-17)16-21-12-11-18(14-19(21)22)20(21,2)3/h6-10,18-19,22H,4-5,11-16H2,1-3H3/q+1/t18-,19-,21-/m1/s1. The minimum atomic E-state index is -1.22. The van der Waals surface area contributed by atoms with Gasteiger partial charge in [-0.25, -0.2) is 0 Å². The summed E-state index contributed by atoms with van der Waals surface area (Å²) >= 11 is -1.22. The number of fused-ring (bicyclic) bond motifs is 2. The zero-order chi connectivity index (χ0) is 16.5. The van der Waals surface area contributed by atoms with Crippen LogP contribution in [-0.2, 0) is 4.47 Å². The van der Waals surface area contributed by atoms with Crippen molar-refractivity contribution in [2.45, 2.75) is 72.4 Å². The van der Waals surface area contributed by atoms with E-state index in [1.54, 1.807) is 0 Å². The molecule has 2 fully saturated rings. The van der Waals surface area contributed by atoms with Gasteiger partial charge in [-0.15, -0.1) is 0 Å². The molecule has 1 N–H and O–H groups in total. The van der Waals surface area contributed by atoms with E-state index in [0.29, 0.717) is 5.41 Å².